The monoisotopic (exact) mass is 585 g/mol. The van der Waals surface area contributed by atoms with Crippen LogP contribution in [0.4, 0.5) is 5.82 Å². The van der Waals surface area contributed by atoms with Gasteiger partial charge in [-0.2, -0.15) is 0 Å². The van der Waals surface area contributed by atoms with Crippen LogP contribution >= 0.6 is 0 Å². The molecule has 1 saturated heterocycles. The van der Waals surface area contributed by atoms with E-state index in [1.165, 1.54) is 0 Å². The summed E-state index contributed by atoms with van der Waals surface area (Å²) in [6, 6.07) is -0.135. The van der Waals surface area contributed by atoms with Crippen LogP contribution in [-0.2, 0) is 27.9 Å². The molecular formula is C31H51N7O4. The second kappa shape index (κ2) is 14.4. The van der Waals surface area contributed by atoms with Crippen molar-refractivity contribution in [3.8, 4) is 0 Å². The number of hydrogen-bond donors (Lipinski definition) is 2. The molecule has 4 rings (SSSR count). The van der Waals surface area contributed by atoms with Gasteiger partial charge in [0.15, 0.2) is 5.89 Å². The van der Waals surface area contributed by atoms with Gasteiger partial charge in [0.05, 0.1) is 18.2 Å². The Balaban J connectivity index is 0.00000484. The lowest BCUT2D eigenvalue weighted by Gasteiger charge is -2.40. The summed E-state index contributed by atoms with van der Waals surface area (Å²) in [6.07, 6.45) is 3.74. The molecule has 2 atom stereocenters. The summed E-state index contributed by atoms with van der Waals surface area (Å²) < 4.78 is 10.9. The van der Waals surface area contributed by atoms with E-state index in [9.17, 15) is 9.59 Å². The first kappa shape index (κ1) is 33.5. The van der Waals surface area contributed by atoms with Crippen LogP contribution in [0.25, 0.3) is 0 Å². The van der Waals surface area contributed by atoms with E-state index in [1.807, 2.05) is 16.7 Å². The topological polar surface area (TPSA) is 126 Å². The summed E-state index contributed by atoms with van der Waals surface area (Å²) in [6.45, 7) is 16.3. The predicted molar refractivity (Wildman–Crippen MR) is 163 cm³/mol. The number of hydrogen-bond acceptors (Lipinski definition) is 9. The summed E-state index contributed by atoms with van der Waals surface area (Å²) in [5.74, 6) is 2.64. The number of amides is 2. The summed E-state index contributed by atoms with van der Waals surface area (Å²) >= 11 is 0. The fourth-order valence-corrected chi connectivity index (χ4v) is 5.52. The van der Waals surface area contributed by atoms with Crippen LogP contribution in [0, 0.1) is 18.8 Å². The summed E-state index contributed by atoms with van der Waals surface area (Å²) in [5.41, 5.74) is 1.14. The standard InChI is InChI=1S/C30H47N7O4.CH4/c1-19(2)17-37(28(39)23-16-33-29(30(4,5)6)35-26(23)32-10-8-12-40-7)22-13-21(14-31-15-22)27(38)36-11-9-24-25(18-36)41-20(3)34-24;/h16,19,21-22,31H,8-15,17-18H2,1-7H3,(H,32,33,35);1H4/t21-,22+;/m1./s1. The van der Waals surface area contributed by atoms with Gasteiger partial charge in [-0.1, -0.05) is 42.0 Å². The van der Waals surface area contributed by atoms with Crippen molar-refractivity contribution in [1.82, 2.24) is 30.1 Å². The highest BCUT2D eigenvalue weighted by molar-refractivity contribution is 5.98. The largest absolute Gasteiger partial charge is 0.444 e. The average Bonchev–Trinajstić information content (AvgIpc) is 3.32. The Bertz CT molecular complexity index is 1210. The van der Waals surface area contributed by atoms with Crippen LogP contribution in [0.15, 0.2) is 10.6 Å². The van der Waals surface area contributed by atoms with E-state index in [0.717, 1.165) is 17.9 Å². The van der Waals surface area contributed by atoms with Crippen molar-refractivity contribution >= 4 is 17.6 Å². The number of fused-ring (bicyclic) bond motifs is 1. The molecule has 2 aliphatic heterocycles. The molecule has 0 saturated carbocycles. The van der Waals surface area contributed by atoms with Gasteiger partial charge in [-0.15, -0.1) is 0 Å². The van der Waals surface area contributed by atoms with Gasteiger partial charge in [-0.3, -0.25) is 9.59 Å². The first-order chi connectivity index (χ1) is 19.5. The lowest BCUT2D eigenvalue weighted by molar-refractivity contribution is -0.138. The second-order valence-corrected chi connectivity index (χ2v) is 12.7. The van der Waals surface area contributed by atoms with Crippen molar-refractivity contribution in [2.75, 3.05) is 51.8 Å². The number of methoxy groups -OCH3 is 1. The van der Waals surface area contributed by atoms with Crippen LogP contribution in [0.2, 0.25) is 0 Å². The summed E-state index contributed by atoms with van der Waals surface area (Å²) in [4.78, 5) is 45.5. The number of carbonyl (C=O) groups excluding carboxylic acids is 2. The van der Waals surface area contributed by atoms with Crippen molar-refractivity contribution < 1.29 is 18.7 Å². The van der Waals surface area contributed by atoms with E-state index in [1.54, 1.807) is 13.3 Å². The molecule has 0 aromatic carbocycles. The fraction of sp³-hybridized carbons (Fsp3) is 0.710. The number of aromatic nitrogens is 3. The Morgan fingerprint density at radius 3 is 2.71 bits per heavy atom. The molecule has 0 bridgehead atoms. The smallest absolute Gasteiger partial charge is 0.259 e. The molecule has 0 spiro atoms. The lowest BCUT2D eigenvalue weighted by Crippen LogP contribution is -2.55. The van der Waals surface area contributed by atoms with Crippen LogP contribution in [0.5, 0.6) is 0 Å². The Labute approximate surface area is 251 Å². The van der Waals surface area contributed by atoms with Gasteiger partial charge >= 0.3 is 0 Å². The Hall–Kier alpha value is -3.05. The zero-order valence-corrected chi connectivity index (χ0v) is 25.7. The minimum atomic E-state index is -0.261. The van der Waals surface area contributed by atoms with Crippen LogP contribution < -0.4 is 10.6 Å². The highest BCUT2D eigenvalue weighted by Gasteiger charge is 2.37. The van der Waals surface area contributed by atoms with Gasteiger partial charge in [0, 0.05) is 77.4 Å². The third kappa shape index (κ3) is 8.06. The molecule has 11 nitrogen and oxygen atoms in total. The van der Waals surface area contributed by atoms with E-state index in [-0.39, 0.29) is 42.5 Å². The number of ether oxygens (including phenoxy) is 1. The lowest BCUT2D eigenvalue weighted by atomic mass is 9.91. The van der Waals surface area contributed by atoms with Crippen molar-refractivity contribution in [1.29, 1.82) is 0 Å². The number of piperidine rings is 1. The zero-order chi connectivity index (χ0) is 29.7. The van der Waals surface area contributed by atoms with E-state index < -0.39 is 0 Å². The average molecular weight is 586 g/mol. The molecule has 0 aliphatic carbocycles. The number of anilines is 1. The minimum absolute atomic E-state index is 0. The zero-order valence-electron chi connectivity index (χ0n) is 25.7. The second-order valence-electron chi connectivity index (χ2n) is 12.7. The van der Waals surface area contributed by atoms with E-state index in [2.05, 4.69) is 55.2 Å². The first-order valence-electron chi connectivity index (χ1n) is 14.8. The third-order valence-corrected chi connectivity index (χ3v) is 7.60. The van der Waals surface area contributed by atoms with Gasteiger partial charge in [0.1, 0.15) is 23.0 Å². The van der Waals surface area contributed by atoms with Gasteiger partial charge in [-0.25, -0.2) is 15.0 Å². The molecule has 1 fully saturated rings. The molecule has 2 aromatic rings. The Morgan fingerprint density at radius 1 is 1.26 bits per heavy atom. The Morgan fingerprint density at radius 2 is 2.02 bits per heavy atom. The van der Waals surface area contributed by atoms with Crippen molar-refractivity contribution in [3.63, 3.8) is 0 Å². The quantitative estimate of drug-likeness (QED) is 0.400. The molecule has 0 unspecified atom stereocenters. The molecule has 11 heteroatoms. The van der Waals surface area contributed by atoms with E-state index in [4.69, 9.17) is 14.1 Å². The molecule has 234 valence electrons. The molecule has 0 radical (unpaired) electrons. The molecule has 2 N–H and O–H groups in total. The molecule has 42 heavy (non-hydrogen) atoms. The number of carbonyl (C=O) groups is 2. The minimum Gasteiger partial charge on any atom is -0.444 e. The van der Waals surface area contributed by atoms with Crippen molar-refractivity contribution in [2.45, 2.75) is 86.2 Å². The number of aryl methyl sites for hydroxylation is 1. The number of nitrogens with one attached hydrogen (secondary N) is 2. The van der Waals surface area contributed by atoms with Gasteiger partial charge in [0.2, 0.25) is 5.91 Å². The molecule has 2 aliphatic rings. The molecule has 2 aromatic heterocycles. The fourth-order valence-electron chi connectivity index (χ4n) is 5.52. The Kier molecular flexibility index (Phi) is 11.5. The maximum atomic E-state index is 14.2. The van der Waals surface area contributed by atoms with Gasteiger partial charge in [-0.05, 0) is 18.8 Å². The van der Waals surface area contributed by atoms with E-state index in [0.29, 0.717) is 81.8 Å². The molecule has 2 amide bonds. The normalized spacial score (nSPS) is 18.8. The van der Waals surface area contributed by atoms with Crippen LogP contribution in [-0.4, -0.2) is 89.0 Å². The SMILES string of the molecule is C.COCCCNc1nc(C(C)(C)C)ncc1C(=O)N(CC(C)C)[C@@H]1CNC[C@H](C(=O)N2CCc3nc(C)oc3C2)C1. The highest BCUT2D eigenvalue weighted by atomic mass is 16.5. The van der Waals surface area contributed by atoms with Crippen molar-refractivity contribution in [2.24, 2.45) is 11.8 Å². The number of nitrogens with zero attached hydrogens (tertiary/aromatic N) is 5. The van der Waals surface area contributed by atoms with Crippen molar-refractivity contribution in [3.05, 3.63) is 34.9 Å². The maximum Gasteiger partial charge on any atom is 0.259 e. The summed E-state index contributed by atoms with van der Waals surface area (Å²) in [5, 5.41) is 6.81. The number of rotatable bonds is 10. The highest BCUT2D eigenvalue weighted by Crippen LogP contribution is 2.27. The van der Waals surface area contributed by atoms with Gasteiger partial charge in [0.25, 0.3) is 5.91 Å². The molecule has 4 heterocycles. The third-order valence-electron chi connectivity index (χ3n) is 7.60. The van der Waals surface area contributed by atoms with Crippen LogP contribution in [0.1, 0.15) is 88.4 Å². The number of oxazole rings is 1. The summed E-state index contributed by atoms with van der Waals surface area (Å²) in [7, 11) is 1.68. The first-order valence-corrected chi connectivity index (χ1v) is 14.8. The van der Waals surface area contributed by atoms with Crippen LogP contribution in [0.3, 0.4) is 0 Å². The molecular weight excluding hydrogens is 534 g/mol. The van der Waals surface area contributed by atoms with Gasteiger partial charge < -0.3 is 29.6 Å². The maximum absolute atomic E-state index is 14.2. The van der Waals surface area contributed by atoms with E-state index >= 15 is 0 Å². The predicted octanol–water partition coefficient (Wildman–Crippen LogP) is 3.82.